The summed E-state index contributed by atoms with van der Waals surface area (Å²) in [5, 5.41) is 10.7. The Morgan fingerprint density at radius 1 is 1.35 bits per heavy atom. The van der Waals surface area contributed by atoms with Gasteiger partial charge in [-0.05, 0) is 63.9 Å². The zero-order chi connectivity index (χ0) is 14.6. The zero-order valence-corrected chi connectivity index (χ0v) is 13.5. The van der Waals surface area contributed by atoms with Gasteiger partial charge in [-0.1, -0.05) is 26.3 Å². The highest BCUT2D eigenvalue weighted by molar-refractivity contribution is 5.33. The highest BCUT2D eigenvalue weighted by Crippen LogP contribution is 2.65. The van der Waals surface area contributed by atoms with Gasteiger partial charge in [-0.3, -0.25) is 0 Å². The van der Waals surface area contributed by atoms with Crippen LogP contribution in [0.5, 0.6) is 0 Å². The summed E-state index contributed by atoms with van der Waals surface area (Å²) >= 11 is 0. The fourth-order valence-electron chi connectivity index (χ4n) is 5.08. The quantitative estimate of drug-likeness (QED) is 0.783. The minimum Gasteiger partial charge on any atom is -0.389 e. The van der Waals surface area contributed by atoms with Gasteiger partial charge in [0.2, 0.25) is 0 Å². The van der Waals surface area contributed by atoms with Gasteiger partial charge in [-0.25, -0.2) is 0 Å². The van der Waals surface area contributed by atoms with Crippen molar-refractivity contribution in [1.82, 2.24) is 0 Å². The summed E-state index contributed by atoms with van der Waals surface area (Å²) in [7, 11) is 0. The number of aliphatic hydroxyl groups is 1. The van der Waals surface area contributed by atoms with E-state index in [1.807, 2.05) is 0 Å². The number of ether oxygens (including phenoxy) is 1. The molecule has 1 N–H and O–H groups in total. The average molecular weight is 278 g/mol. The average Bonchev–Trinajstić information content (AvgIpc) is 2.59. The smallest absolute Gasteiger partial charge is 0.0980 e. The molecule has 4 atom stereocenters. The Hall–Kier alpha value is -0.340. The lowest BCUT2D eigenvalue weighted by molar-refractivity contribution is -0.139. The molecule has 0 aromatic heterocycles. The van der Waals surface area contributed by atoms with Crippen LogP contribution in [0, 0.1) is 11.3 Å². The van der Waals surface area contributed by atoms with Crippen LogP contribution in [-0.4, -0.2) is 22.4 Å². The first-order chi connectivity index (χ1) is 9.35. The van der Waals surface area contributed by atoms with Gasteiger partial charge in [0.1, 0.15) is 0 Å². The lowest BCUT2D eigenvalue weighted by Crippen LogP contribution is -2.54. The summed E-state index contributed by atoms with van der Waals surface area (Å²) in [6.07, 6.45) is 9.82. The van der Waals surface area contributed by atoms with E-state index in [4.69, 9.17) is 4.74 Å². The molecule has 1 aliphatic heterocycles. The van der Waals surface area contributed by atoms with Crippen LogP contribution in [0.1, 0.15) is 72.6 Å². The normalized spacial score (nSPS) is 43.9. The van der Waals surface area contributed by atoms with Crippen LogP contribution in [-0.2, 0) is 4.74 Å². The molecule has 2 nitrogen and oxygen atoms in total. The Morgan fingerprint density at radius 3 is 2.80 bits per heavy atom. The molecule has 1 saturated carbocycles. The van der Waals surface area contributed by atoms with Gasteiger partial charge in [0.05, 0.1) is 17.3 Å². The third-order valence-electron chi connectivity index (χ3n) is 6.42. The molecule has 2 fully saturated rings. The minimum absolute atomic E-state index is 0.0415. The van der Waals surface area contributed by atoms with Crippen LogP contribution in [0.2, 0.25) is 0 Å². The predicted molar refractivity (Wildman–Crippen MR) is 81.6 cm³/mol. The van der Waals surface area contributed by atoms with Gasteiger partial charge in [-0.2, -0.15) is 0 Å². The molecule has 2 unspecified atom stereocenters. The van der Waals surface area contributed by atoms with Crippen molar-refractivity contribution >= 4 is 0 Å². The van der Waals surface area contributed by atoms with Crippen LogP contribution in [0.4, 0.5) is 0 Å². The summed E-state index contributed by atoms with van der Waals surface area (Å²) in [5.74, 6) is 0.644. The molecule has 20 heavy (non-hydrogen) atoms. The molecule has 2 aliphatic carbocycles. The van der Waals surface area contributed by atoms with E-state index in [2.05, 4.69) is 33.8 Å². The molecular formula is C18H30O2. The molecule has 1 heterocycles. The van der Waals surface area contributed by atoms with E-state index < -0.39 is 0 Å². The van der Waals surface area contributed by atoms with E-state index in [0.29, 0.717) is 5.92 Å². The Kier molecular flexibility index (Phi) is 3.34. The molecule has 0 radical (unpaired) electrons. The third kappa shape index (κ3) is 1.84. The number of hydrogen-bond acceptors (Lipinski definition) is 2. The Morgan fingerprint density at radius 2 is 2.10 bits per heavy atom. The topological polar surface area (TPSA) is 29.5 Å². The maximum absolute atomic E-state index is 10.7. The van der Waals surface area contributed by atoms with E-state index in [1.165, 1.54) is 24.8 Å². The van der Waals surface area contributed by atoms with Crippen LogP contribution in [0.25, 0.3) is 0 Å². The second kappa shape index (κ2) is 4.58. The molecule has 1 saturated heterocycles. The minimum atomic E-state index is -0.313. The predicted octanol–water partition coefficient (Wildman–Crippen LogP) is 4.22. The van der Waals surface area contributed by atoms with Gasteiger partial charge >= 0.3 is 0 Å². The second-order valence-electron chi connectivity index (χ2n) is 8.04. The van der Waals surface area contributed by atoms with Crippen LogP contribution in [0.15, 0.2) is 11.6 Å². The molecule has 0 aromatic rings. The van der Waals surface area contributed by atoms with Gasteiger partial charge in [0.25, 0.3) is 0 Å². The van der Waals surface area contributed by atoms with Crippen molar-refractivity contribution in [1.29, 1.82) is 0 Å². The number of rotatable bonds is 3. The molecule has 0 amide bonds. The molecule has 2 bridgehead atoms. The van der Waals surface area contributed by atoms with Crippen molar-refractivity contribution in [3.05, 3.63) is 11.6 Å². The van der Waals surface area contributed by atoms with Crippen molar-refractivity contribution in [3.63, 3.8) is 0 Å². The van der Waals surface area contributed by atoms with Crippen molar-refractivity contribution in [3.8, 4) is 0 Å². The Balaban J connectivity index is 2.03. The first kappa shape index (κ1) is 14.6. The van der Waals surface area contributed by atoms with Crippen LogP contribution >= 0.6 is 0 Å². The highest BCUT2D eigenvalue weighted by atomic mass is 16.5. The van der Waals surface area contributed by atoms with E-state index in [0.717, 1.165) is 25.7 Å². The van der Waals surface area contributed by atoms with Gasteiger partial charge in [-0.15, -0.1) is 0 Å². The third-order valence-corrected chi connectivity index (χ3v) is 6.42. The molecule has 0 aromatic carbocycles. The van der Waals surface area contributed by atoms with Gasteiger partial charge in [0.15, 0.2) is 0 Å². The summed E-state index contributed by atoms with van der Waals surface area (Å²) in [6, 6.07) is 0. The number of allylic oxidation sites excluding steroid dienone is 1. The fraction of sp³-hybridized carbons (Fsp3) is 0.889. The van der Waals surface area contributed by atoms with Crippen molar-refractivity contribution < 1.29 is 9.84 Å². The molecule has 2 heteroatoms. The fourth-order valence-corrected chi connectivity index (χ4v) is 5.08. The largest absolute Gasteiger partial charge is 0.389 e. The zero-order valence-electron chi connectivity index (χ0n) is 13.5. The first-order valence-corrected chi connectivity index (χ1v) is 8.43. The van der Waals surface area contributed by atoms with Gasteiger partial charge < -0.3 is 9.84 Å². The lowest BCUT2D eigenvalue weighted by atomic mass is 9.54. The Bertz CT molecular complexity index is 425. The molecular weight excluding hydrogens is 248 g/mol. The molecule has 1 spiro atoms. The summed E-state index contributed by atoms with van der Waals surface area (Å²) in [4.78, 5) is 0. The van der Waals surface area contributed by atoms with Crippen molar-refractivity contribution in [2.45, 2.75) is 89.9 Å². The van der Waals surface area contributed by atoms with E-state index in [-0.39, 0.29) is 22.7 Å². The molecule has 3 rings (SSSR count). The SMILES string of the molecule is CCCC(O)C1=CCC[C@@]2(C)CC[C@@H]3CC12OC3(C)C. The number of aliphatic hydroxyl groups excluding tert-OH is 1. The van der Waals surface area contributed by atoms with E-state index in [1.54, 1.807) is 0 Å². The van der Waals surface area contributed by atoms with Crippen LogP contribution < -0.4 is 0 Å². The Labute approximate surface area is 123 Å². The van der Waals surface area contributed by atoms with Gasteiger partial charge in [0, 0.05) is 5.41 Å². The van der Waals surface area contributed by atoms with E-state index in [9.17, 15) is 5.11 Å². The first-order valence-electron chi connectivity index (χ1n) is 8.43. The van der Waals surface area contributed by atoms with Crippen molar-refractivity contribution in [2.75, 3.05) is 0 Å². The standard InChI is InChI=1S/C18H30O2/c1-5-7-15(19)14-8-6-10-17(4)11-9-13-12-18(14,17)20-16(13,2)3/h8,13,15,19H,5-7,9-12H2,1-4H3/t13-,15?,17+,18?/m1/s1. The summed E-state index contributed by atoms with van der Waals surface area (Å²) in [6.45, 7) is 9.04. The maximum atomic E-state index is 10.7. The molecule has 3 aliphatic rings. The van der Waals surface area contributed by atoms with Crippen molar-refractivity contribution in [2.24, 2.45) is 11.3 Å². The summed E-state index contributed by atoms with van der Waals surface area (Å²) < 4.78 is 6.72. The van der Waals surface area contributed by atoms with Crippen LogP contribution in [0.3, 0.4) is 0 Å². The summed E-state index contributed by atoms with van der Waals surface area (Å²) in [5.41, 5.74) is 1.20. The number of hydrogen-bond donors (Lipinski definition) is 1. The maximum Gasteiger partial charge on any atom is 0.0980 e. The second-order valence-corrected chi connectivity index (χ2v) is 8.04. The monoisotopic (exact) mass is 278 g/mol. The number of fused-ring (bicyclic) bond motifs is 1. The molecule has 114 valence electrons. The lowest BCUT2D eigenvalue weighted by Gasteiger charge is -2.53. The van der Waals surface area contributed by atoms with E-state index >= 15 is 0 Å². The highest BCUT2D eigenvalue weighted by Gasteiger charge is 2.65.